The third kappa shape index (κ3) is 8.87. The van der Waals surface area contributed by atoms with Gasteiger partial charge in [0, 0.05) is 0 Å². The van der Waals surface area contributed by atoms with Crippen LogP contribution in [0.5, 0.6) is 0 Å². The Morgan fingerprint density at radius 1 is 0.294 bits per heavy atom. The fourth-order valence-corrected chi connectivity index (χ4v) is 3.54. The van der Waals surface area contributed by atoms with Crippen LogP contribution in [-0.4, -0.2) is 0 Å². The minimum absolute atomic E-state index is 1.31. The van der Waals surface area contributed by atoms with Crippen molar-refractivity contribution >= 4 is 21.5 Å². The first-order chi connectivity index (χ1) is 16.6. The summed E-state index contributed by atoms with van der Waals surface area (Å²) < 4.78 is 0. The van der Waals surface area contributed by atoms with Crippen molar-refractivity contribution in [3.05, 3.63) is 131 Å². The van der Waals surface area contributed by atoms with E-state index in [1.165, 1.54) is 43.8 Å². The summed E-state index contributed by atoms with van der Waals surface area (Å²) in [6, 6.07) is 37.9. The molecule has 0 aliphatic rings. The SMILES string of the molecule is CC.CC.Cc1cccc2cccc(C)c12.Cc1ccccc1C.c1ccc2ccccc2c1. The molecule has 0 bridgehead atoms. The molecule has 0 N–H and O–H groups in total. The Balaban J connectivity index is 0.000000241. The number of rotatable bonds is 0. The van der Waals surface area contributed by atoms with Crippen LogP contribution in [0.4, 0.5) is 0 Å². The highest BCUT2D eigenvalue weighted by Crippen LogP contribution is 2.21. The summed E-state index contributed by atoms with van der Waals surface area (Å²) >= 11 is 0. The third-order valence-corrected chi connectivity index (χ3v) is 5.41. The molecule has 0 unspecified atom stereocenters. The van der Waals surface area contributed by atoms with Gasteiger partial charge in [0.25, 0.3) is 0 Å². The van der Waals surface area contributed by atoms with Crippen molar-refractivity contribution < 1.29 is 0 Å². The van der Waals surface area contributed by atoms with Crippen LogP contribution < -0.4 is 0 Å². The van der Waals surface area contributed by atoms with E-state index in [0.29, 0.717) is 0 Å². The van der Waals surface area contributed by atoms with Crippen molar-refractivity contribution in [3.63, 3.8) is 0 Å². The van der Waals surface area contributed by atoms with Crippen LogP contribution >= 0.6 is 0 Å². The summed E-state index contributed by atoms with van der Waals surface area (Å²) in [4.78, 5) is 0. The number of hydrogen-bond acceptors (Lipinski definition) is 0. The van der Waals surface area contributed by atoms with Crippen molar-refractivity contribution in [3.8, 4) is 0 Å². The van der Waals surface area contributed by atoms with E-state index in [9.17, 15) is 0 Å². The maximum Gasteiger partial charge on any atom is -0.0125 e. The van der Waals surface area contributed by atoms with Gasteiger partial charge in [0.15, 0.2) is 0 Å². The fraction of sp³-hybridized carbons (Fsp3) is 0.235. The summed E-state index contributed by atoms with van der Waals surface area (Å²) in [6.45, 7) is 16.6. The van der Waals surface area contributed by atoms with Gasteiger partial charge in [-0.1, -0.05) is 137 Å². The zero-order valence-corrected chi connectivity index (χ0v) is 22.4. The number of fused-ring (bicyclic) bond motifs is 2. The lowest BCUT2D eigenvalue weighted by atomic mass is 10.0. The Labute approximate surface area is 208 Å². The van der Waals surface area contributed by atoms with Gasteiger partial charge in [-0.05, 0) is 71.5 Å². The lowest BCUT2D eigenvalue weighted by Gasteiger charge is -2.04. The second-order valence-corrected chi connectivity index (χ2v) is 7.68. The van der Waals surface area contributed by atoms with E-state index in [2.05, 4.69) is 137 Å². The molecule has 0 aliphatic heterocycles. The topological polar surface area (TPSA) is 0 Å². The van der Waals surface area contributed by atoms with Gasteiger partial charge in [0.05, 0.1) is 0 Å². The number of benzene rings is 5. The highest BCUT2D eigenvalue weighted by atomic mass is 14.0. The van der Waals surface area contributed by atoms with Crippen molar-refractivity contribution in [2.24, 2.45) is 0 Å². The molecule has 0 heterocycles. The van der Waals surface area contributed by atoms with E-state index in [0.717, 1.165) is 0 Å². The molecule has 5 rings (SSSR count). The van der Waals surface area contributed by atoms with E-state index in [-0.39, 0.29) is 0 Å². The summed E-state index contributed by atoms with van der Waals surface area (Å²) in [5.74, 6) is 0. The minimum Gasteiger partial charge on any atom is -0.0683 e. The van der Waals surface area contributed by atoms with Crippen LogP contribution in [0.25, 0.3) is 21.5 Å². The average molecular weight is 451 g/mol. The summed E-state index contributed by atoms with van der Waals surface area (Å²) in [6.07, 6.45) is 0. The van der Waals surface area contributed by atoms with E-state index >= 15 is 0 Å². The van der Waals surface area contributed by atoms with Crippen molar-refractivity contribution in [2.75, 3.05) is 0 Å². The number of hydrogen-bond donors (Lipinski definition) is 0. The van der Waals surface area contributed by atoms with E-state index in [1.807, 2.05) is 27.7 Å². The van der Waals surface area contributed by atoms with Gasteiger partial charge < -0.3 is 0 Å². The molecule has 0 radical (unpaired) electrons. The second kappa shape index (κ2) is 16.3. The van der Waals surface area contributed by atoms with Crippen LogP contribution in [0, 0.1) is 27.7 Å². The molecule has 0 heteroatoms. The Morgan fingerprint density at radius 3 is 0.853 bits per heavy atom. The molecular weight excluding hydrogens is 408 g/mol. The molecule has 0 nitrogen and oxygen atoms in total. The van der Waals surface area contributed by atoms with E-state index in [4.69, 9.17) is 0 Å². The molecule has 178 valence electrons. The molecule has 34 heavy (non-hydrogen) atoms. The zero-order chi connectivity index (χ0) is 25.3. The summed E-state index contributed by atoms with van der Waals surface area (Å²) in [5, 5.41) is 5.37. The van der Waals surface area contributed by atoms with Gasteiger partial charge in [-0.3, -0.25) is 0 Å². The second-order valence-electron chi connectivity index (χ2n) is 7.68. The Kier molecular flexibility index (Phi) is 13.7. The molecule has 0 atom stereocenters. The van der Waals surface area contributed by atoms with E-state index < -0.39 is 0 Å². The van der Waals surface area contributed by atoms with Gasteiger partial charge >= 0.3 is 0 Å². The summed E-state index contributed by atoms with van der Waals surface area (Å²) in [5.41, 5.74) is 5.47. The molecule has 0 aliphatic carbocycles. The maximum atomic E-state index is 2.16. The highest BCUT2D eigenvalue weighted by Gasteiger charge is 1.97. The summed E-state index contributed by atoms with van der Waals surface area (Å²) in [7, 11) is 0. The Morgan fingerprint density at radius 2 is 0.559 bits per heavy atom. The van der Waals surface area contributed by atoms with Crippen LogP contribution in [0.2, 0.25) is 0 Å². The van der Waals surface area contributed by atoms with Crippen LogP contribution in [0.1, 0.15) is 49.9 Å². The first kappa shape index (κ1) is 28.7. The van der Waals surface area contributed by atoms with Gasteiger partial charge in [-0.15, -0.1) is 0 Å². The molecule has 0 saturated carbocycles. The molecule has 5 aromatic rings. The molecule has 0 saturated heterocycles. The van der Waals surface area contributed by atoms with Crippen LogP contribution in [0.3, 0.4) is 0 Å². The standard InChI is InChI=1S/C12H12.C10H8.C8H10.2C2H6/c1-9-5-3-7-11-8-4-6-10(2)12(9)11;1-2-6-10-8-4-3-7-9(10)5-1;1-7-5-3-4-6-8(7)2;2*1-2/h3-8H,1-2H3;1-8H;3-6H,1-2H3;2*1-2H3. The van der Waals surface area contributed by atoms with Gasteiger partial charge in [0.1, 0.15) is 0 Å². The van der Waals surface area contributed by atoms with Gasteiger partial charge in [-0.25, -0.2) is 0 Å². The smallest absolute Gasteiger partial charge is 0.0125 e. The molecule has 0 spiro atoms. The molecule has 0 fully saturated rings. The quantitative estimate of drug-likeness (QED) is 0.220. The van der Waals surface area contributed by atoms with Crippen molar-refractivity contribution in [2.45, 2.75) is 55.4 Å². The third-order valence-electron chi connectivity index (χ3n) is 5.41. The predicted octanol–water partition coefficient (Wildman–Crippen LogP) is 10.7. The van der Waals surface area contributed by atoms with Gasteiger partial charge in [-0.2, -0.15) is 0 Å². The van der Waals surface area contributed by atoms with E-state index in [1.54, 1.807) is 0 Å². The molecule has 0 amide bonds. The monoisotopic (exact) mass is 450 g/mol. The normalized spacial score (nSPS) is 9.18. The minimum atomic E-state index is 1.31. The van der Waals surface area contributed by atoms with Crippen LogP contribution in [0.15, 0.2) is 109 Å². The number of aryl methyl sites for hydroxylation is 4. The first-order valence-electron chi connectivity index (χ1n) is 12.5. The zero-order valence-electron chi connectivity index (χ0n) is 22.4. The van der Waals surface area contributed by atoms with Crippen LogP contribution in [-0.2, 0) is 0 Å². The van der Waals surface area contributed by atoms with Crippen molar-refractivity contribution in [1.29, 1.82) is 0 Å². The largest absolute Gasteiger partial charge is 0.0683 e. The predicted molar refractivity (Wildman–Crippen MR) is 156 cm³/mol. The molecule has 0 aromatic heterocycles. The fourth-order valence-electron chi connectivity index (χ4n) is 3.54. The van der Waals surface area contributed by atoms with Crippen molar-refractivity contribution in [1.82, 2.24) is 0 Å². The average Bonchev–Trinajstić information content (AvgIpc) is 2.89. The van der Waals surface area contributed by atoms with Gasteiger partial charge in [0.2, 0.25) is 0 Å². The molecule has 5 aromatic carbocycles. The first-order valence-corrected chi connectivity index (χ1v) is 12.5. The Bertz CT molecular complexity index is 1110. The highest BCUT2D eigenvalue weighted by molar-refractivity contribution is 5.88. The molecular formula is C34H42. The lowest BCUT2D eigenvalue weighted by Crippen LogP contribution is -1.81. The lowest BCUT2D eigenvalue weighted by molar-refractivity contribution is 1.34. The Hall–Kier alpha value is -3.38. The maximum absolute atomic E-state index is 2.16.